The van der Waals surface area contributed by atoms with Crippen molar-refractivity contribution in [2.24, 2.45) is 0 Å². The van der Waals surface area contributed by atoms with E-state index in [1.807, 2.05) is 19.1 Å². The minimum atomic E-state index is -3.72. The van der Waals surface area contributed by atoms with Crippen molar-refractivity contribution in [2.45, 2.75) is 25.7 Å². The standard InChI is InChI=1S/C18H22N2O3S/c1-4-20(13-18(21)19-16-8-6-5-7-9-16)24(22,23)17-12-14(2)10-11-15(17)3/h5-12H,4,13H2,1-3H3,(H,19,21). The van der Waals surface area contributed by atoms with Crippen molar-refractivity contribution in [3.8, 4) is 0 Å². The summed E-state index contributed by atoms with van der Waals surface area (Å²) >= 11 is 0. The molecule has 0 bridgehead atoms. The number of anilines is 1. The second kappa shape index (κ2) is 7.59. The molecule has 24 heavy (non-hydrogen) atoms. The summed E-state index contributed by atoms with van der Waals surface area (Å²) in [5.41, 5.74) is 2.18. The maximum Gasteiger partial charge on any atom is 0.243 e. The van der Waals surface area contributed by atoms with Gasteiger partial charge in [-0.05, 0) is 43.2 Å². The molecule has 0 fully saturated rings. The number of carbonyl (C=O) groups excluding carboxylic acids is 1. The van der Waals surface area contributed by atoms with Crippen LogP contribution in [-0.4, -0.2) is 31.7 Å². The fourth-order valence-electron chi connectivity index (χ4n) is 2.37. The molecule has 0 spiro atoms. The molecular formula is C18H22N2O3S. The van der Waals surface area contributed by atoms with Gasteiger partial charge in [0.05, 0.1) is 11.4 Å². The van der Waals surface area contributed by atoms with Gasteiger partial charge < -0.3 is 5.32 Å². The number of aryl methyl sites for hydroxylation is 2. The first-order valence-electron chi connectivity index (χ1n) is 7.77. The molecule has 0 radical (unpaired) electrons. The van der Waals surface area contributed by atoms with E-state index in [9.17, 15) is 13.2 Å². The number of nitrogens with one attached hydrogen (secondary N) is 1. The van der Waals surface area contributed by atoms with E-state index >= 15 is 0 Å². The third-order valence-electron chi connectivity index (χ3n) is 3.69. The second-order valence-corrected chi connectivity index (χ2v) is 7.52. The van der Waals surface area contributed by atoms with Crippen LogP contribution in [0.3, 0.4) is 0 Å². The number of amides is 1. The lowest BCUT2D eigenvalue weighted by molar-refractivity contribution is -0.116. The van der Waals surface area contributed by atoms with Gasteiger partial charge in [-0.25, -0.2) is 8.42 Å². The molecule has 2 aromatic rings. The number of rotatable bonds is 6. The predicted molar refractivity (Wildman–Crippen MR) is 95.4 cm³/mol. The number of sulfonamides is 1. The Balaban J connectivity index is 2.20. The Labute approximate surface area is 143 Å². The molecule has 5 nitrogen and oxygen atoms in total. The van der Waals surface area contributed by atoms with E-state index in [0.717, 1.165) is 5.56 Å². The van der Waals surface area contributed by atoms with Crippen LogP contribution in [0.2, 0.25) is 0 Å². The summed E-state index contributed by atoms with van der Waals surface area (Å²) in [6, 6.07) is 14.3. The van der Waals surface area contributed by atoms with E-state index in [-0.39, 0.29) is 23.9 Å². The summed E-state index contributed by atoms with van der Waals surface area (Å²) in [6.45, 7) is 5.32. The van der Waals surface area contributed by atoms with Crippen molar-refractivity contribution in [2.75, 3.05) is 18.4 Å². The zero-order chi connectivity index (χ0) is 17.7. The Hall–Kier alpha value is -2.18. The van der Waals surface area contributed by atoms with Crippen LogP contribution in [0.4, 0.5) is 5.69 Å². The highest BCUT2D eigenvalue weighted by molar-refractivity contribution is 7.89. The molecule has 2 rings (SSSR count). The molecule has 0 aromatic heterocycles. The summed E-state index contributed by atoms with van der Waals surface area (Å²) < 4.78 is 26.9. The number of nitrogens with zero attached hydrogens (tertiary/aromatic N) is 1. The number of hydrogen-bond donors (Lipinski definition) is 1. The second-order valence-electron chi connectivity index (χ2n) is 5.61. The molecule has 0 aliphatic rings. The molecule has 0 heterocycles. The molecule has 0 saturated heterocycles. The summed E-state index contributed by atoms with van der Waals surface area (Å²) in [5, 5.41) is 2.71. The van der Waals surface area contributed by atoms with Crippen molar-refractivity contribution < 1.29 is 13.2 Å². The normalized spacial score (nSPS) is 11.5. The Morgan fingerprint density at radius 2 is 1.75 bits per heavy atom. The Bertz CT molecular complexity index is 817. The van der Waals surface area contributed by atoms with E-state index < -0.39 is 10.0 Å². The summed E-state index contributed by atoms with van der Waals surface area (Å²) in [7, 11) is -3.72. The molecule has 0 saturated carbocycles. The third-order valence-corrected chi connectivity index (χ3v) is 5.75. The average molecular weight is 346 g/mol. The molecule has 1 N–H and O–H groups in total. The molecule has 0 aliphatic heterocycles. The van der Waals surface area contributed by atoms with Crippen LogP contribution in [0.15, 0.2) is 53.4 Å². The van der Waals surface area contributed by atoms with E-state index in [1.165, 1.54) is 4.31 Å². The molecule has 0 aliphatic carbocycles. The highest BCUT2D eigenvalue weighted by atomic mass is 32.2. The molecule has 128 valence electrons. The van der Waals surface area contributed by atoms with Crippen LogP contribution in [0.1, 0.15) is 18.1 Å². The van der Waals surface area contributed by atoms with Crippen molar-refractivity contribution in [1.82, 2.24) is 4.31 Å². The van der Waals surface area contributed by atoms with Crippen LogP contribution < -0.4 is 5.32 Å². The highest BCUT2D eigenvalue weighted by Gasteiger charge is 2.26. The van der Waals surface area contributed by atoms with Gasteiger partial charge in [-0.2, -0.15) is 4.31 Å². The van der Waals surface area contributed by atoms with E-state index in [1.54, 1.807) is 50.2 Å². The molecule has 0 unspecified atom stereocenters. The van der Waals surface area contributed by atoms with Crippen molar-refractivity contribution in [3.63, 3.8) is 0 Å². The summed E-state index contributed by atoms with van der Waals surface area (Å²) in [4.78, 5) is 12.4. The lowest BCUT2D eigenvalue weighted by Crippen LogP contribution is -2.38. The Morgan fingerprint density at radius 1 is 1.08 bits per heavy atom. The number of benzene rings is 2. The first-order valence-corrected chi connectivity index (χ1v) is 9.21. The molecule has 0 atom stereocenters. The first kappa shape index (κ1) is 18.2. The minimum Gasteiger partial charge on any atom is -0.325 e. The lowest BCUT2D eigenvalue weighted by Gasteiger charge is -2.21. The fraction of sp³-hybridized carbons (Fsp3) is 0.278. The van der Waals surface area contributed by atoms with E-state index in [0.29, 0.717) is 11.3 Å². The molecule has 2 aromatic carbocycles. The van der Waals surface area contributed by atoms with Gasteiger partial charge in [0.25, 0.3) is 0 Å². The van der Waals surface area contributed by atoms with Gasteiger partial charge in [0, 0.05) is 12.2 Å². The predicted octanol–water partition coefficient (Wildman–Crippen LogP) is 2.95. The number of likely N-dealkylation sites (N-methyl/N-ethyl adjacent to an activating group) is 1. The molecular weight excluding hydrogens is 324 g/mol. The SMILES string of the molecule is CCN(CC(=O)Nc1ccccc1)S(=O)(=O)c1cc(C)ccc1C. The van der Waals surface area contributed by atoms with Gasteiger partial charge in [0.15, 0.2) is 0 Å². The zero-order valence-electron chi connectivity index (χ0n) is 14.1. The molecule has 6 heteroatoms. The Morgan fingerprint density at radius 3 is 2.38 bits per heavy atom. The van der Waals surface area contributed by atoms with Crippen molar-refractivity contribution in [1.29, 1.82) is 0 Å². The average Bonchev–Trinajstić information content (AvgIpc) is 2.55. The van der Waals surface area contributed by atoms with Crippen LogP contribution in [0.25, 0.3) is 0 Å². The summed E-state index contributed by atoms with van der Waals surface area (Å²) in [6.07, 6.45) is 0. The monoisotopic (exact) mass is 346 g/mol. The zero-order valence-corrected chi connectivity index (χ0v) is 14.9. The van der Waals surface area contributed by atoms with Gasteiger partial charge in [0.1, 0.15) is 0 Å². The molecule has 1 amide bonds. The van der Waals surface area contributed by atoms with Crippen molar-refractivity contribution in [3.05, 3.63) is 59.7 Å². The van der Waals surface area contributed by atoms with Crippen molar-refractivity contribution >= 4 is 21.6 Å². The lowest BCUT2D eigenvalue weighted by atomic mass is 10.2. The topological polar surface area (TPSA) is 66.5 Å². The van der Waals surface area contributed by atoms with Crippen LogP contribution >= 0.6 is 0 Å². The van der Waals surface area contributed by atoms with E-state index in [4.69, 9.17) is 0 Å². The minimum absolute atomic E-state index is 0.220. The summed E-state index contributed by atoms with van der Waals surface area (Å²) in [5.74, 6) is -0.364. The van der Waals surface area contributed by atoms with Gasteiger partial charge >= 0.3 is 0 Å². The maximum absolute atomic E-state index is 12.9. The smallest absolute Gasteiger partial charge is 0.243 e. The van der Waals surface area contributed by atoms with E-state index in [2.05, 4.69) is 5.32 Å². The van der Waals surface area contributed by atoms with Gasteiger partial charge in [-0.3, -0.25) is 4.79 Å². The third kappa shape index (κ3) is 4.21. The Kier molecular flexibility index (Phi) is 5.75. The largest absolute Gasteiger partial charge is 0.325 e. The van der Waals surface area contributed by atoms with Gasteiger partial charge in [-0.15, -0.1) is 0 Å². The van der Waals surface area contributed by atoms with Gasteiger partial charge in [-0.1, -0.05) is 37.3 Å². The number of carbonyl (C=O) groups is 1. The number of para-hydroxylation sites is 1. The fourth-order valence-corrected chi connectivity index (χ4v) is 4.09. The van der Waals surface area contributed by atoms with Crippen LogP contribution in [0.5, 0.6) is 0 Å². The quantitative estimate of drug-likeness (QED) is 0.874. The number of hydrogen-bond acceptors (Lipinski definition) is 3. The van der Waals surface area contributed by atoms with Crippen LogP contribution in [0, 0.1) is 13.8 Å². The maximum atomic E-state index is 12.9. The van der Waals surface area contributed by atoms with Crippen LogP contribution in [-0.2, 0) is 14.8 Å². The first-order chi connectivity index (χ1) is 11.3. The highest BCUT2D eigenvalue weighted by Crippen LogP contribution is 2.21. The van der Waals surface area contributed by atoms with Gasteiger partial charge in [0.2, 0.25) is 15.9 Å².